The highest BCUT2D eigenvalue weighted by atomic mass is 19.4. The third kappa shape index (κ3) is 2.50. The molecular formula is C9H13F3N2O. The summed E-state index contributed by atoms with van der Waals surface area (Å²) in [6.07, 6.45) is -6.96. The van der Waals surface area contributed by atoms with Crippen LogP contribution in [0.4, 0.5) is 13.2 Å². The molecule has 1 aromatic heterocycles. The number of aliphatic hydroxyl groups is 1. The average Bonchev–Trinajstić information content (AvgIpc) is 2.32. The molecule has 0 spiro atoms. The molecule has 6 heteroatoms. The Morgan fingerprint density at radius 1 is 1.33 bits per heavy atom. The maximum atomic E-state index is 12.1. The lowest BCUT2D eigenvalue weighted by Gasteiger charge is -2.15. The molecule has 0 aliphatic heterocycles. The van der Waals surface area contributed by atoms with Crippen LogP contribution in [-0.2, 0) is 6.54 Å². The predicted molar refractivity (Wildman–Crippen MR) is 48.5 cm³/mol. The van der Waals surface area contributed by atoms with E-state index in [0.29, 0.717) is 11.4 Å². The van der Waals surface area contributed by atoms with Gasteiger partial charge in [0.25, 0.3) is 0 Å². The molecule has 1 heterocycles. The highest BCUT2D eigenvalue weighted by Gasteiger charge is 2.38. The van der Waals surface area contributed by atoms with E-state index in [0.717, 1.165) is 5.56 Å². The lowest BCUT2D eigenvalue weighted by atomic mass is 10.2. The van der Waals surface area contributed by atoms with E-state index in [1.165, 1.54) is 4.68 Å². The quantitative estimate of drug-likeness (QED) is 0.827. The minimum absolute atomic E-state index is 0.552. The van der Waals surface area contributed by atoms with Gasteiger partial charge in [-0.2, -0.15) is 18.3 Å². The smallest absolute Gasteiger partial charge is 0.382 e. The van der Waals surface area contributed by atoms with E-state index in [2.05, 4.69) is 5.10 Å². The van der Waals surface area contributed by atoms with Gasteiger partial charge in [-0.3, -0.25) is 4.68 Å². The summed E-state index contributed by atoms with van der Waals surface area (Å²) in [6, 6.07) is 0. The molecule has 0 aromatic carbocycles. The Balaban J connectivity index is 2.86. The van der Waals surface area contributed by atoms with Crippen LogP contribution >= 0.6 is 0 Å². The monoisotopic (exact) mass is 222 g/mol. The molecule has 0 saturated heterocycles. The van der Waals surface area contributed by atoms with Crippen LogP contribution in [0.25, 0.3) is 0 Å². The van der Waals surface area contributed by atoms with Gasteiger partial charge in [-0.15, -0.1) is 0 Å². The number of rotatable bonds is 2. The van der Waals surface area contributed by atoms with E-state index in [9.17, 15) is 13.2 Å². The molecule has 86 valence electrons. The van der Waals surface area contributed by atoms with E-state index in [-0.39, 0.29) is 0 Å². The molecule has 0 saturated carbocycles. The molecule has 0 amide bonds. The summed E-state index contributed by atoms with van der Waals surface area (Å²) in [4.78, 5) is 0. The first kappa shape index (κ1) is 12.0. The number of alkyl halides is 3. The fourth-order valence-electron chi connectivity index (χ4n) is 1.23. The van der Waals surface area contributed by atoms with Crippen molar-refractivity contribution in [2.24, 2.45) is 0 Å². The first-order valence-electron chi connectivity index (χ1n) is 4.49. The molecule has 1 N–H and O–H groups in total. The van der Waals surface area contributed by atoms with Crippen molar-refractivity contribution in [3.05, 3.63) is 17.0 Å². The van der Waals surface area contributed by atoms with Crippen LogP contribution in [0.15, 0.2) is 0 Å². The maximum Gasteiger partial charge on any atom is 0.416 e. The zero-order valence-corrected chi connectivity index (χ0v) is 8.76. The lowest BCUT2D eigenvalue weighted by Crippen LogP contribution is -2.33. The van der Waals surface area contributed by atoms with Gasteiger partial charge in [0.15, 0.2) is 6.10 Å². The number of hydrogen-bond acceptors (Lipinski definition) is 2. The Morgan fingerprint density at radius 3 is 2.20 bits per heavy atom. The van der Waals surface area contributed by atoms with Gasteiger partial charge in [-0.25, -0.2) is 0 Å². The van der Waals surface area contributed by atoms with Gasteiger partial charge in [-0.05, 0) is 26.3 Å². The summed E-state index contributed by atoms with van der Waals surface area (Å²) in [6.45, 7) is 4.63. The third-order valence-corrected chi connectivity index (χ3v) is 2.47. The maximum absolute atomic E-state index is 12.1. The Hall–Kier alpha value is -1.04. The third-order valence-electron chi connectivity index (χ3n) is 2.47. The summed E-state index contributed by atoms with van der Waals surface area (Å²) in [5.41, 5.74) is 2.18. The molecule has 15 heavy (non-hydrogen) atoms. The molecule has 3 nitrogen and oxygen atoms in total. The van der Waals surface area contributed by atoms with Crippen molar-refractivity contribution in [3.63, 3.8) is 0 Å². The van der Waals surface area contributed by atoms with Crippen LogP contribution in [0.3, 0.4) is 0 Å². The normalized spacial score (nSPS) is 14.3. The average molecular weight is 222 g/mol. The number of aromatic nitrogens is 2. The number of nitrogens with zero attached hydrogens (tertiary/aromatic N) is 2. The minimum Gasteiger partial charge on any atom is -0.382 e. The molecule has 0 bridgehead atoms. The molecule has 0 radical (unpaired) electrons. The highest BCUT2D eigenvalue weighted by molar-refractivity contribution is 5.22. The van der Waals surface area contributed by atoms with Crippen molar-refractivity contribution in [2.75, 3.05) is 0 Å². The van der Waals surface area contributed by atoms with Gasteiger partial charge >= 0.3 is 6.18 Å². The minimum atomic E-state index is -4.60. The molecule has 0 aliphatic rings. The van der Waals surface area contributed by atoms with Crippen LogP contribution in [-0.4, -0.2) is 27.2 Å². The van der Waals surface area contributed by atoms with Gasteiger partial charge in [0.2, 0.25) is 0 Å². The summed E-state index contributed by atoms with van der Waals surface area (Å²) >= 11 is 0. The number of hydrogen-bond donors (Lipinski definition) is 1. The molecule has 0 aliphatic carbocycles. The Morgan fingerprint density at radius 2 is 1.87 bits per heavy atom. The van der Waals surface area contributed by atoms with Crippen molar-refractivity contribution in [2.45, 2.75) is 39.6 Å². The molecule has 1 unspecified atom stereocenters. The molecular weight excluding hydrogens is 209 g/mol. The molecule has 1 atom stereocenters. The summed E-state index contributed by atoms with van der Waals surface area (Å²) in [5, 5.41) is 12.8. The Labute approximate surface area is 85.5 Å². The van der Waals surface area contributed by atoms with E-state index in [4.69, 9.17) is 5.11 Å². The first-order chi connectivity index (χ1) is 6.73. The Kier molecular flexibility index (Phi) is 3.08. The number of aryl methyl sites for hydroxylation is 1. The van der Waals surface area contributed by atoms with Crippen molar-refractivity contribution in [1.82, 2.24) is 9.78 Å². The van der Waals surface area contributed by atoms with Crippen LogP contribution in [0.2, 0.25) is 0 Å². The van der Waals surface area contributed by atoms with Crippen LogP contribution in [0.1, 0.15) is 17.0 Å². The zero-order chi connectivity index (χ0) is 11.8. The summed E-state index contributed by atoms with van der Waals surface area (Å²) in [7, 11) is 0. The van der Waals surface area contributed by atoms with Gasteiger partial charge in [0.05, 0.1) is 12.2 Å². The van der Waals surface area contributed by atoms with Crippen molar-refractivity contribution >= 4 is 0 Å². The van der Waals surface area contributed by atoms with E-state index < -0.39 is 18.8 Å². The SMILES string of the molecule is Cc1nn(CC(O)C(F)(F)F)c(C)c1C. The second-order valence-corrected chi connectivity index (χ2v) is 3.54. The molecule has 0 fully saturated rings. The largest absolute Gasteiger partial charge is 0.416 e. The predicted octanol–water partition coefficient (Wildman–Crippen LogP) is 1.73. The number of halogens is 3. The zero-order valence-electron chi connectivity index (χ0n) is 8.76. The van der Waals surface area contributed by atoms with Crippen molar-refractivity contribution in [1.29, 1.82) is 0 Å². The molecule has 1 aromatic rings. The van der Waals surface area contributed by atoms with Gasteiger partial charge < -0.3 is 5.11 Å². The second kappa shape index (κ2) is 3.84. The summed E-state index contributed by atoms with van der Waals surface area (Å²) < 4.78 is 37.4. The van der Waals surface area contributed by atoms with E-state index in [1.54, 1.807) is 20.8 Å². The fraction of sp³-hybridized carbons (Fsp3) is 0.667. The van der Waals surface area contributed by atoms with Crippen molar-refractivity contribution in [3.8, 4) is 0 Å². The van der Waals surface area contributed by atoms with Gasteiger partial charge in [0.1, 0.15) is 0 Å². The molecule has 1 rings (SSSR count). The number of aliphatic hydroxyl groups excluding tert-OH is 1. The van der Waals surface area contributed by atoms with Crippen LogP contribution in [0, 0.1) is 20.8 Å². The van der Waals surface area contributed by atoms with Crippen molar-refractivity contribution < 1.29 is 18.3 Å². The van der Waals surface area contributed by atoms with Gasteiger partial charge in [-0.1, -0.05) is 0 Å². The summed E-state index contributed by atoms with van der Waals surface area (Å²) in [5.74, 6) is 0. The van der Waals surface area contributed by atoms with E-state index >= 15 is 0 Å². The topological polar surface area (TPSA) is 38.0 Å². The second-order valence-electron chi connectivity index (χ2n) is 3.54. The Bertz CT molecular complexity index is 357. The standard InChI is InChI=1S/C9H13F3N2O/c1-5-6(2)13-14(7(5)3)4-8(15)9(10,11)12/h8,15H,4H2,1-3H3. The van der Waals surface area contributed by atoms with Crippen LogP contribution < -0.4 is 0 Å². The highest BCUT2D eigenvalue weighted by Crippen LogP contribution is 2.22. The van der Waals surface area contributed by atoms with Crippen LogP contribution in [0.5, 0.6) is 0 Å². The fourth-order valence-corrected chi connectivity index (χ4v) is 1.23. The first-order valence-corrected chi connectivity index (χ1v) is 4.49. The van der Waals surface area contributed by atoms with E-state index in [1.807, 2.05) is 0 Å². The van der Waals surface area contributed by atoms with Gasteiger partial charge in [0, 0.05) is 5.69 Å². The lowest BCUT2D eigenvalue weighted by molar-refractivity contribution is -0.208.